The predicted octanol–water partition coefficient (Wildman–Crippen LogP) is 5.90. The van der Waals surface area contributed by atoms with Gasteiger partial charge in [0.25, 0.3) is 0 Å². The number of aromatic nitrogens is 2. The zero-order chi connectivity index (χ0) is 27.9. The Morgan fingerprint density at radius 3 is 2.52 bits per heavy atom. The van der Waals surface area contributed by atoms with Crippen molar-refractivity contribution in [1.29, 1.82) is 0 Å². The maximum Gasteiger partial charge on any atom is 0.230 e. The Balaban J connectivity index is 1.26. The van der Waals surface area contributed by atoms with Crippen LogP contribution in [-0.4, -0.2) is 65.5 Å². The van der Waals surface area contributed by atoms with Gasteiger partial charge < -0.3 is 30.1 Å². The molecule has 0 radical (unpaired) electrons. The van der Waals surface area contributed by atoms with Gasteiger partial charge in [-0.05, 0) is 93.9 Å². The van der Waals surface area contributed by atoms with Gasteiger partial charge in [0.2, 0.25) is 5.95 Å². The van der Waals surface area contributed by atoms with Crippen LogP contribution in [0.3, 0.4) is 0 Å². The first-order valence-electron chi connectivity index (χ1n) is 14.0. The smallest absolute Gasteiger partial charge is 0.230 e. The molecule has 0 spiro atoms. The zero-order valence-corrected chi connectivity index (χ0v) is 25.1. The van der Waals surface area contributed by atoms with Gasteiger partial charge in [0.1, 0.15) is 17.8 Å². The molecule has 6 rings (SSSR count). The highest BCUT2D eigenvalue weighted by atomic mass is 32.1. The molecule has 2 aliphatic heterocycles. The highest BCUT2D eigenvalue weighted by molar-refractivity contribution is 7.70. The van der Waals surface area contributed by atoms with E-state index < -0.39 is 7.14 Å². The van der Waals surface area contributed by atoms with Gasteiger partial charge in [-0.3, -0.25) is 0 Å². The van der Waals surface area contributed by atoms with E-state index in [4.69, 9.17) is 9.97 Å². The topological polar surface area (TPSA) is 93.6 Å². The van der Waals surface area contributed by atoms with Crippen molar-refractivity contribution in [3.8, 4) is 0 Å². The predicted molar refractivity (Wildman–Crippen MR) is 168 cm³/mol. The molecule has 2 aromatic heterocycles. The fourth-order valence-electron chi connectivity index (χ4n) is 5.81. The molecule has 2 aromatic carbocycles. The van der Waals surface area contributed by atoms with Gasteiger partial charge in [-0.25, -0.2) is 4.98 Å². The summed E-state index contributed by atoms with van der Waals surface area (Å²) >= 11 is 1.57. The van der Waals surface area contributed by atoms with Gasteiger partial charge in [-0.2, -0.15) is 4.98 Å². The first-order valence-corrected chi connectivity index (χ1v) is 17.5. The lowest BCUT2D eigenvalue weighted by molar-refractivity contribution is 0.100. The van der Waals surface area contributed by atoms with Crippen LogP contribution in [0.2, 0.25) is 0 Å². The van der Waals surface area contributed by atoms with Crippen LogP contribution < -0.4 is 20.8 Å². The van der Waals surface area contributed by atoms with Crippen molar-refractivity contribution in [2.45, 2.75) is 38.8 Å². The molecule has 2 fully saturated rings. The number of aliphatic hydroxyl groups is 1. The zero-order valence-electron chi connectivity index (χ0n) is 23.4. The number of thiophene rings is 1. The summed E-state index contributed by atoms with van der Waals surface area (Å²) in [7, 11) is -2.50. The van der Waals surface area contributed by atoms with Crippen molar-refractivity contribution < 1.29 is 9.67 Å². The quantitative estimate of drug-likeness (QED) is 0.223. The van der Waals surface area contributed by atoms with Crippen LogP contribution >= 0.6 is 18.5 Å². The van der Waals surface area contributed by atoms with Gasteiger partial charge in [-0.15, -0.1) is 11.3 Å². The Kier molecular flexibility index (Phi) is 7.57. The molecule has 0 aliphatic carbocycles. The summed E-state index contributed by atoms with van der Waals surface area (Å²) in [4.78, 5) is 15.5. The third-order valence-electron chi connectivity index (χ3n) is 8.07. The average molecular weight is 577 g/mol. The van der Waals surface area contributed by atoms with Crippen LogP contribution in [0.4, 0.5) is 28.8 Å². The van der Waals surface area contributed by atoms with Crippen molar-refractivity contribution in [1.82, 2.24) is 14.9 Å². The molecule has 2 aliphatic rings. The third kappa shape index (κ3) is 5.48. The number of aliphatic hydroxyl groups excluding tert-OH is 1. The molecular formula is C30H37N6O2PS. The Bertz CT molecular complexity index is 1570. The maximum absolute atomic E-state index is 13.0. The van der Waals surface area contributed by atoms with Crippen molar-refractivity contribution in [2.24, 2.45) is 0 Å². The normalized spacial score (nSPS) is 16.8. The van der Waals surface area contributed by atoms with E-state index in [9.17, 15) is 9.67 Å². The molecule has 3 N–H and O–H groups in total. The van der Waals surface area contributed by atoms with Crippen LogP contribution in [0.5, 0.6) is 0 Å². The van der Waals surface area contributed by atoms with Gasteiger partial charge in [-0.1, -0.05) is 12.1 Å². The van der Waals surface area contributed by atoms with E-state index in [0.29, 0.717) is 17.8 Å². The number of fused-ring (bicyclic) bond motifs is 1. The molecule has 0 amide bonds. The minimum absolute atomic E-state index is 0.0292. The maximum atomic E-state index is 13.0. The van der Waals surface area contributed by atoms with Gasteiger partial charge >= 0.3 is 0 Å². The lowest BCUT2D eigenvalue weighted by Gasteiger charge is -2.43. The fraction of sp³-hybridized carbons (Fsp3) is 0.400. The number of hydrogen-bond acceptors (Lipinski definition) is 9. The molecule has 4 heterocycles. The molecule has 2 saturated heterocycles. The van der Waals surface area contributed by atoms with Crippen molar-refractivity contribution in [3.05, 3.63) is 59.0 Å². The molecule has 0 saturated carbocycles. The standard InChI is InChI=1S/C30H37N6O2PS/c1-20-19-40-29-27(20)28(32-24-7-4-5-8-26(24)39(2,3)38)33-30(34-29)31-22-9-10-25(21(17-22)18-37)36-15-11-23(12-16-36)35-13-6-14-35/h4-5,7-10,17,19,23,37H,6,11-16,18H2,1-3H3,(H2,31,32,33,34). The summed E-state index contributed by atoms with van der Waals surface area (Å²) in [6.07, 6.45) is 3.67. The SMILES string of the molecule is Cc1csc2nc(Nc3ccc(N4CCC(N5CCC5)CC4)c(CO)c3)nc(Nc3ccccc3P(C)(C)=O)c12. The molecule has 210 valence electrons. The summed E-state index contributed by atoms with van der Waals surface area (Å²) in [5, 5.41) is 20.9. The monoisotopic (exact) mass is 576 g/mol. The van der Waals surface area contributed by atoms with Crippen molar-refractivity contribution >= 4 is 62.8 Å². The first kappa shape index (κ1) is 27.2. The minimum Gasteiger partial charge on any atom is -0.392 e. The second-order valence-corrected chi connectivity index (χ2v) is 15.3. The highest BCUT2D eigenvalue weighted by Crippen LogP contribution is 2.40. The van der Waals surface area contributed by atoms with E-state index in [2.05, 4.69) is 38.8 Å². The van der Waals surface area contributed by atoms with Gasteiger partial charge in [0.05, 0.1) is 17.7 Å². The summed E-state index contributed by atoms with van der Waals surface area (Å²) in [5.74, 6) is 1.15. The van der Waals surface area contributed by atoms with Crippen LogP contribution in [0.25, 0.3) is 10.2 Å². The molecule has 0 bridgehead atoms. The lowest BCUT2D eigenvalue weighted by Crippen LogP contribution is -2.50. The number of likely N-dealkylation sites (tertiary alicyclic amines) is 1. The largest absolute Gasteiger partial charge is 0.392 e. The summed E-state index contributed by atoms with van der Waals surface area (Å²) in [6, 6.07) is 14.5. The van der Waals surface area contributed by atoms with E-state index in [1.807, 2.05) is 36.4 Å². The molecule has 0 unspecified atom stereocenters. The number of anilines is 5. The lowest BCUT2D eigenvalue weighted by atomic mass is 9.98. The van der Waals surface area contributed by atoms with E-state index in [1.165, 1.54) is 32.4 Å². The molecule has 4 aromatic rings. The second kappa shape index (κ2) is 11.1. The first-order chi connectivity index (χ1) is 19.3. The minimum atomic E-state index is -2.50. The molecule has 0 atom stereocenters. The number of benzene rings is 2. The number of hydrogen-bond donors (Lipinski definition) is 3. The summed E-state index contributed by atoms with van der Waals surface area (Å²) in [5.41, 5.74) is 4.70. The second-order valence-electron chi connectivity index (χ2n) is 11.2. The third-order valence-corrected chi connectivity index (χ3v) is 10.6. The van der Waals surface area contributed by atoms with Crippen LogP contribution in [-0.2, 0) is 11.2 Å². The van der Waals surface area contributed by atoms with Gasteiger partial charge in [0, 0.05) is 41.4 Å². The van der Waals surface area contributed by atoms with Crippen molar-refractivity contribution in [2.75, 3.05) is 55.0 Å². The number of para-hydroxylation sites is 1. The molecule has 8 nitrogen and oxygen atoms in total. The number of rotatable bonds is 8. The number of aryl methyl sites for hydroxylation is 1. The van der Waals surface area contributed by atoms with Gasteiger partial charge in [0.15, 0.2) is 0 Å². The number of piperidine rings is 1. The summed E-state index contributed by atoms with van der Waals surface area (Å²) < 4.78 is 13.0. The van der Waals surface area contributed by atoms with Crippen LogP contribution in [0.1, 0.15) is 30.4 Å². The van der Waals surface area contributed by atoms with Crippen molar-refractivity contribution in [3.63, 3.8) is 0 Å². The van der Waals surface area contributed by atoms with E-state index >= 15 is 0 Å². The Hall–Kier alpha value is -2.97. The molecule has 10 heteroatoms. The summed E-state index contributed by atoms with van der Waals surface area (Å²) in [6.45, 7) is 10.1. The van der Waals surface area contributed by atoms with Crippen LogP contribution in [0, 0.1) is 6.92 Å². The van der Waals surface area contributed by atoms with E-state index in [-0.39, 0.29) is 6.61 Å². The number of nitrogens with zero attached hydrogens (tertiary/aromatic N) is 4. The fourth-order valence-corrected chi connectivity index (χ4v) is 7.89. The van der Waals surface area contributed by atoms with E-state index in [0.717, 1.165) is 56.8 Å². The number of nitrogens with one attached hydrogen (secondary N) is 2. The molecular weight excluding hydrogens is 539 g/mol. The highest BCUT2D eigenvalue weighted by Gasteiger charge is 2.28. The average Bonchev–Trinajstić information content (AvgIpc) is 3.28. The Morgan fingerprint density at radius 2 is 1.82 bits per heavy atom. The Morgan fingerprint density at radius 1 is 1.05 bits per heavy atom. The van der Waals surface area contributed by atoms with Crippen LogP contribution in [0.15, 0.2) is 47.8 Å². The van der Waals surface area contributed by atoms with E-state index in [1.54, 1.807) is 24.7 Å². The Labute approximate surface area is 239 Å². The molecule has 40 heavy (non-hydrogen) atoms.